The van der Waals surface area contributed by atoms with E-state index in [1.54, 1.807) is 4.90 Å². The summed E-state index contributed by atoms with van der Waals surface area (Å²) >= 11 is 0. The molecule has 0 bridgehead atoms. The summed E-state index contributed by atoms with van der Waals surface area (Å²) in [5, 5.41) is 11.6. The Morgan fingerprint density at radius 2 is 2.30 bits per heavy atom. The monoisotopic (exact) mass is 280 g/mol. The number of nitrogens with zero attached hydrogens (tertiary/aromatic N) is 1. The van der Waals surface area contributed by atoms with E-state index in [0.717, 1.165) is 32.2 Å². The third-order valence-corrected chi connectivity index (χ3v) is 3.65. The Balaban J connectivity index is 2.43. The molecule has 5 nitrogen and oxygen atoms in total. The summed E-state index contributed by atoms with van der Waals surface area (Å²) in [4.78, 5) is 24.5. The molecule has 0 aromatic rings. The van der Waals surface area contributed by atoms with Crippen molar-refractivity contribution in [3.63, 3.8) is 0 Å². The van der Waals surface area contributed by atoms with Gasteiger partial charge in [-0.05, 0) is 31.6 Å². The molecule has 1 saturated heterocycles. The summed E-state index contributed by atoms with van der Waals surface area (Å²) in [5.74, 6) is 2.09. The van der Waals surface area contributed by atoms with E-state index in [2.05, 4.69) is 11.2 Å². The molecule has 0 saturated carbocycles. The van der Waals surface area contributed by atoms with Crippen molar-refractivity contribution < 1.29 is 14.7 Å². The standard InChI is InChI=1S/C15H24N2O3/c1-3-6-13(4-2)16-15(20)17-10-5-7-12(11-17)8-9-14(18)19/h2,12-13H,3,5-11H2,1H3,(H,16,20)(H,18,19). The minimum Gasteiger partial charge on any atom is -0.481 e. The van der Waals surface area contributed by atoms with Crippen molar-refractivity contribution in [1.82, 2.24) is 10.2 Å². The molecule has 5 heteroatoms. The van der Waals surface area contributed by atoms with Crippen molar-refractivity contribution in [3.05, 3.63) is 0 Å². The number of nitrogens with one attached hydrogen (secondary N) is 1. The number of aliphatic carboxylic acids is 1. The van der Waals surface area contributed by atoms with E-state index in [1.807, 2.05) is 6.92 Å². The molecule has 2 unspecified atom stereocenters. The molecule has 0 radical (unpaired) electrons. The maximum atomic E-state index is 12.1. The summed E-state index contributed by atoms with van der Waals surface area (Å²) < 4.78 is 0. The van der Waals surface area contributed by atoms with Crippen LogP contribution in [0.25, 0.3) is 0 Å². The first-order chi connectivity index (χ1) is 9.56. The van der Waals surface area contributed by atoms with Gasteiger partial charge in [-0.1, -0.05) is 19.3 Å². The molecule has 1 heterocycles. The number of likely N-dealkylation sites (tertiary alicyclic amines) is 1. The Morgan fingerprint density at radius 1 is 1.55 bits per heavy atom. The molecule has 2 N–H and O–H groups in total. The highest BCUT2D eigenvalue weighted by Gasteiger charge is 2.24. The number of carbonyl (C=O) groups is 2. The van der Waals surface area contributed by atoms with E-state index in [4.69, 9.17) is 11.5 Å². The van der Waals surface area contributed by atoms with Gasteiger partial charge in [0.2, 0.25) is 0 Å². The van der Waals surface area contributed by atoms with Crippen molar-refractivity contribution in [2.75, 3.05) is 13.1 Å². The molecule has 2 atom stereocenters. The van der Waals surface area contributed by atoms with Crippen LogP contribution in [0.2, 0.25) is 0 Å². The van der Waals surface area contributed by atoms with Gasteiger partial charge in [0.1, 0.15) is 0 Å². The normalized spacial score (nSPS) is 20.0. The molecule has 1 fully saturated rings. The molecule has 2 amide bonds. The number of carboxylic acids is 1. The first kappa shape index (κ1) is 16.4. The Labute approximate surface area is 120 Å². The molecule has 1 rings (SSSR count). The summed E-state index contributed by atoms with van der Waals surface area (Å²) in [6, 6.07) is -0.340. The second-order valence-corrected chi connectivity index (χ2v) is 5.34. The number of hydrogen-bond acceptors (Lipinski definition) is 2. The Morgan fingerprint density at radius 3 is 2.90 bits per heavy atom. The molecular weight excluding hydrogens is 256 g/mol. The molecule has 20 heavy (non-hydrogen) atoms. The molecule has 0 aromatic carbocycles. The molecule has 112 valence electrons. The maximum absolute atomic E-state index is 12.1. The summed E-state index contributed by atoms with van der Waals surface area (Å²) in [6.07, 6.45) is 9.81. The van der Waals surface area contributed by atoms with Crippen molar-refractivity contribution in [2.24, 2.45) is 5.92 Å². The summed E-state index contributed by atoms with van der Waals surface area (Å²) in [6.45, 7) is 3.38. The molecule has 0 spiro atoms. The number of hydrogen-bond donors (Lipinski definition) is 2. The third-order valence-electron chi connectivity index (χ3n) is 3.65. The number of piperidine rings is 1. The van der Waals surface area contributed by atoms with Crippen LogP contribution in [-0.4, -0.2) is 41.1 Å². The Bertz CT molecular complexity index is 376. The van der Waals surface area contributed by atoms with E-state index < -0.39 is 5.97 Å². The number of rotatable bonds is 6. The lowest BCUT2D eigenvalue weighted by Gasteiger charge is -2.33. The zero-order chi connectivity index (χ0) is 15.0. The lowest BCUT2D eigenvalue weighted by molar-refractivity contribution is -0.137. The van der Waals surface area contributed by atoms with Crippen LogP contribution < -0.4 is 5.32 Å². The van der Waals surface area contributed by atoms with E-state index in [0.29, 0.717) is 13.0 Å². The highest BCUT2D eigenvalue weighted by atomic mass is 16.4. The molecule has 1 aliphatic rings. The molecule has 0 aromatic heterocycles. The summed E-state index contributed by atoms with van der Waals surface area (Å²) in [7, 11) is 0. The van der Waals surface area contributed by atoms with Crippen LogP contribution in [0.5, 0.6) is 0 Å². The highest BCUT2D eigenvalue weighted by molar-refractivity contribution is 5.75. The van der Waals surface area contributed by atoms with Crippen LogP contribution in [0, 0.1) is 18.3 Å². The first-order valence-electron chi connectivity index (χ1n) is 7.30. The van der Waals surface area contributed by atoms with Gasteiger partial charge < -0.3 is 15.3 Å². The maximum Gasteiger partial charge on any atom is 0.318 e. The second-order valence-electron chi connectivity index (χ2n) is 5.34. The number of carbonyl (C=O) groups excluding carboxylic acids is 1. The molecule has 0 aliphatic carbocycles. The largest absolute Gasteiger partial charge is 0.481 e. The lowest BCUT2D eigenvalue weighted by atomic mass is 9.93. The number of amides is 2. The number of carboxylic acid groups (broad SMARTS) is 1. The van der Waals surface area contributed by atoms with Crippen molar-refractivity contribution in [2.45, 2.75) is 51.5 Å². The van der Waals surface area contributed by atoms with Crippen molar-refractivity contribution in [1.29, 1.82) is 0 Å². The molecular formula is C15H24N2O3. The first-order valence-corrected chi connectivity index (χ1v) is 7.30. The van der Waals surface area contributed by atoms with Gasteiger partial charge in [-0.15, -0.1) is 6.42 Å². The van der Waals surface area contributed by atoms with Gasteiger partial charge >= 0.3 is 12.0 Å². The van der Waals surface area contributed by atoms with Gasteiger partial charge in [0.05, 0.1) is 6.04 Å². The van der Waals surface area contributed by atoms with Gasteiger partial charge in [0.25, 0.3) is 0 Å². The smallest absolute Gasteiger partial charge is 0.318 e. The summed E-state index contributed by atoms with van der Waals surface area (Å²) in [5.41, 5.74) is 0. The van der Waals surface area contributed by atoms with Crippen LogP contribution in [0.4, 0.5) is 4.79 Å². The van der Waals surface area contributed by atoms with Crippen LogP contribution >= 0.6 is 0 Å². The minimum atomic E-state index is -0.776. The van der Waals surface area contributed by atoms with Gasteiger partial charge in [-0.2, -0.15) is 0 Å². The zero-order valence-corrected chi connectivity index (χ0v) is 12.1. The van der Waals surface area contributed by atoms with Crippen LogP contribution in [0.1, 0.15) is 45.4 Å². The van der Waals surface area contributed by atoms with E-state index in [-0.39, 0.29) is 24.4 Å². The van der Waals surface area contributed by atoms with Crippen LogP contribution in [-0.2, 0) is 4.79 Å². The predicted molar refractivity (Wildman–Crippen MR) is 77.2 cm³/mol. The fourth-order valence-corrected chi connectivity index (χ4v) is 2.54. The van der Waals surface area contributed by atoms with E-state index in [9.17, 15) is 9.59 Å². The topological polar surface area (TPSA) is 69.6 Å². The quantitative estimate of drug-likeness (QED) is 0.732. The molecule has 1 aliphatic heterocycles. The van der Waals surface area contributed by atoms with E-state index >= 15 is 0 Å². The Hall–Kier alpha value is -1.70. The number of urea groups is 1. The number of terminal acetylenes is 1. The average molecular weight is 280 g/mol. The second kappa shape index (κ2) is 8.47. The van der Waals surface area contributed by atoms with Crippen molar-refractivity contribution in [3.8, 4) is 12.3 Å². The SMILES string of the molecule is C#CC(CCC)NC(=O)N1CCCC(CCC(=O)O)C1. The Kier molecular flexibility index (Phi) is 6.92. The lowest BCUT2D eigenvalue weighted by Crippen LogP contribution is -2.48. The van der Waals surface area contributed by atoms with Gasteiger partial charge in [0.15, 0.2) is 0 Å². The minimum absolute atomic E-state index is 0.124. The van der Waals surface area contributed by atoms with E-state index in [1.165, 1.54) is 0 Å². The van der Waals surface area contributed by atoms with Crippen LogP contribution in [0.3, 0.4) is 0 Å². The fourth-order valence-electron chi connectivity index (χ4n) is 2.54. The van der Waals surface area contributed by atoms with Gasteiger partial charge in [-0.25, -0.2) is 4.79 Å². The van der Waals surface area contributed by atoms with Gasteiger partial charge in [-0.3, -0.25) is 4.79 Å². The predicted octanol–water partition coefficient (Wildman–Crippen LogP) is 2.07. The fraction of sp³-hybridized carbons (Fsp3) is 0.733. The average Bonchev–Trinajstić information content (AvgIpc) is 2.44. The highest BCUT2D eigenvalue weighted by Crippen LogP contribution is 2.21. The van der Waals surface area contributed by atoms with Crippen molar-refractivity contribution >= 4 is 12.0 Å². The van der Waals surface area contributed by atoms with Crippen LogP contribution in [0.15, 0.2) is 0 Å². The van der Waals surface area contributed by atoms with Gasteiger partial charge in [0, 0.05) is 19.5 Å². The zero-order valence-electron chi connectivity index (χ0n) is 12.1. The third kappa shape index (κ3) is 5.52.